The van der Waals surface area contributed by atoms with Crippen molar-refractivity contribution < 1.29 is 0 Å². The third-order valence-electron chi connectivity index (χ3n) is 4.06. The van der Waals surface area contributed by atoms with Crippen LogP contribution in [-0.4, -0.2) is 25.0 Å². The smallest absolute Gasteiger partial charge is 0.00956 e. The van der Waals surface area contributed by atoms with Crippen molar-refractivity contribution in [1.82, 2.24) is 4.90 Å². The Morgan fingerprint density at radius 1 is 1.20 bits per heavy atom. The van der Waals surface area contributed by atoms with Crippen molar-refractivity contribution in [3.05, 3.63) is 49.3 Å². The SMILES string of the molecule is Cc1cc(C(=C2CCN(C)CC2)c2ccsc2)c(C)s1. The zero-order chi connectivity index (χ0) is 14.1. The molecule has 106 valence electrons. The number of hydrogen-bond donors (Lipinski definition) is 0. The summed E-state index contributed by atoms with van der Waals surface area (Å²) in [6.07, 6.45) is 2.41. The van der Waals surface area contributed by atoms with Gasteiger partial charge in [0.15, 0.2) is 0 Å². The van der Waals surface area contributed by atoms with Crippen molar-refractivity contribution >= 4 is 28.2 Å². The number of rotatable bonds is 2. The quantitative estimate of drug-likeness (QED) is 0.758. The summed E-state index contributed by atoms with van der Waals surface area (Å²) >= 11 is 3.72. The topological polar surface area (TPSA) is 3.24 Å². The first-order valence-corrected chi connectivity index (χ1v) is 8.91. The molecule has 20 heavy (non-hydrogen) atoms. The van der Waals surface area contributed by atoms with Gasteiger partial charge in [-0.1, -0.05) is 5.57 Å². The van der Waals surface area contributed by atoms with Gasteiger partial charge in [-0.25, -0.2) is 0 Å². The second-order valence-electron chi connectivity index (χ2n) is 5.62. The summed E-state index contributed by atoms with van der Waals surface area (Å²) in [5.74, 6) is 0. The van der Waals surface area contributed by atoms with Crippen molar-refractivity contribution in [2.24, 2.45) is 0 Å². The van der Waals surface area contributed by atoms with Crippen LogP contribution < -0.4 is 0 Å². The lowest BCUT2D eigenvalue weighted by molar-refractivity contribution is 0.313. The van der Waals surface area contributed by atoms with Gasteiger partial charge < -0.3 is 4.90 Å². The van der Waals surface area contributed by atoms with Crippen molar-refractivity contribution in [1.29, 1.82) is 0 Å². The van der Waals surface area contributed by atoms with E-state index in [2.05, 4.69) is 48.7 Å². The zero-order valence-electron chi connectivity index (χ0n) is 12.4. The van der Waals surface area contributed by atoms with Crippen LogP contribution in [0.15, 0.2) is 28.5 Å². The summed E-state index contributed by atoms with van der Waals surface area (Å²) in [5.41, 5.74) is 6.03. The number of likely N-dealkylation sites (tertiary alicyclic amines) is 1. The van der Waals surface area contributed by atoms with E-state index in [0.29, 0.717) is 0 Å². The first kappa shape index (κ1) is 14.1. The fourth-order valence-corrected chi connectivity index (χ4v) is 4.55. The van der Waals surface area contributed by atoms with Gasteiger partial charge in [-0.15, -0.1) is 11.3 Å². The number of thiophene rings is 2. The fourth-order valence-electron chi connectivity index (χ4n) is 2.97. The Labute approximate surface area is 129 Å². The molecule has 0 spiro atoms. The average Bonchev–Trinajstić information content (AvgIpc) is 3.03. The Hall–Kier alpha value is -0.900. The number of hydrogen-bond acceptors (Lipinski definition) is 3. The molecule has 1 nitrogen and oxygen atoms in total. The minimum absolute atomic E-state index is 1.19. The van der Waals surface area contributed by atoms with Crippen LogP contribution in [0.1, 0.15) is 33.7 Å². The van der Waals surface area contributed by atoms with Crippen LogP contribution in [-0.2, 0) is 0 Å². The predicted octanol–water partition coefficient (Wildman–Crippen LogP) is 4.95. The summed E-state index contributed by atoms with van der Waals surface area (Å²) in [4.78, 5) is 5.30. The van der Waals surface area contributed by atoms with Crippen molar-refractivity contribution in [2.75, 3.05) is 20.1 Å². The van der Waals surface area contributed by atoms with Crippen molar-refractivity contribution in [2.45, 2.75) is 26.7 Å². The highest BCUT2D eigenvalue weighted by Crippen LogP contribution is 2.37. The van der Waals surface area contributed by atoms with Gasteiger partial charge in [0.05, 0.1) is 0 Å². The molecule has 3 heterocycles. The lowest BCUT2D eigenvalue weighted by Gasteiger charge is -2.26. The predicted molar refractivity (Wildman–Crippen MR) is 90.9 cm³/mol. The Balaban J connectivity index is 2.10. The molecule has 3 heteroatoms. The lowest BCUT2D eigenvalue weighted by Crippen LogP contribution is -2.26. The highest BCUT2D eigenvalue weighted by atomic mass is 32.1. The molecular weight excluding hydrogens is 282 g/mol. The molecule has 1 aliphatic rings. The summed E-state index contributed by atoms with van der Waals surface area (Å²) in [7, 11) is 2.22. The van der Waals surface area contributed by atoms with Crippen LogP contribution in [0.4, 0.5) is 0 Å². The molecule has 0 atom stereocenters. The summed E-state index contributed by atoms with van der Waals surface area (Å²) < 4.78 is 0. The van der Waals surface area contributed by atoms with Crippen molar-refractivity contribution in [3.8, 4) is 0 Å². The van der Waals surface area contributed by atoms with E-state index in [4.69, 9.17) is 0 Å². The molecule has 0 radical (unpaired) electrons. The Morgan fingerprint density at radius 2 is 1.95 bits per heavy atom. The molecule has 0 N–H and O–H groups in total. The van der Waals surface area contributed by atoms with E-state index in [-0.39, 0.29) is 0 Å². The van der Waals surface area contributed by atoms with E-state index in [0.717, 1.165) is 0 Å². The van der Waals surface area contributed by atoms with Crippen LogP contribution in [0, 0.1) is 13.8 Å². The normalized spacial score (nSPS) is 16.6. The van der Waals surface area contributed by atoms with E-state index in [1.807, 2.05) is 11.3 Å². The van der Waals surface area contributed by atoms with Gasteiger partial charge in [0.2, 0.25) is 0 Å². The minimum Gasteiger partial charge on any atom is -0.306 e. The molecule has 2 aromatic heterocycles. The summed E-state index contributed by atoms with van der Waals surface area (Å²) in [6, 6.07) is 4.65. The fraction of sp³-hybridized carbons (Fsp3) is 0.412. The van der Waals surface area contributed by atoms with Crippen LogP contribution in [0.2, 0.25) is 0 Å². The van der Waals surface area contributed by atoms with E-state index in [1.165, 1.54) is 52.4 Å². The molecule has 1 aliphatic heterocycles. The first-order valence-electron chi connectivity index (χ1n) is 7.15. The van der Waals surface area contributed by atoms with Crippen LogP contribution in [0.5, 0.6) is 0 Å². The summed E-state index contributed by atoms with van der Waals surface area (Å²) in [5, 5.41) is 4.49. The maximum Gasteiger partial charge on any atom is 0.00956 e. The highest BCUT2D eigenvalue weighted by molar-refractivity contribution is 7.12. The number of nitrogens with zero attached hydrogens (tertiary/aromatic N) is 1. The molecule has 0 bridgehead atoms. The molecule has 0 unspecified atom stereocenters. The third kappa shape index (κ3) is 2.76. The maximum atomic E-state index is 2.43. The molecule has 1 fully saturated rings. The van der Waals surface area contributed by atoms with E-state index in [1.54, 1.807) is 16.9 Å². The number of piperidine rings is 1. The maximum absolute atomic E-state index is 2.43. The second kappa shape index (κ2) is 5.84. The molecule has 2 aromatic rings. The Bertz CT molecular complexity index is 609. The molecule has 0 saturated carbocycles. The van der Waals surface area contributed by atoms with Crippen LogP contribution in [0.3, 0.4) is 0 Å². The summed E-state index contributed by atoms with van der Waals surface area (Å²) in [6.45, 7) is 6.84. The molecule has 1 saturated heterocycles. The van der Waals surface area contributed by atoms with Crippen LogP contribution in [0.25, 0.3) is 5.57 Å². The van der Waals surface area contributed by atoms with E-state index >= 15 is 0 Å². The number of aryl methyl sites for hydroxylation is 2. The van der Waals surface area contributed by atoms with E-state index in [9.17, 15) is 0 Å². The molecular formula is C17H21NS2. The monoisotopic (exact) mass is 303 g/mol. The molecule has 0 amide bonds. The second-order valence-corrected chi connectivity index (χ2v) is 7.86. The van der Waals surface area contributed by atoms with Crippen LogP contribution >= 0.6 is 22.7 Å². The lowest BCUT2D eigenvalue weighted by atomic mass is 9.90. The Kier molecular flexibility index (Phi) is 4.11. The van der Waals surface area contributed by atoms with Gasteiger partial charge in [-0.2, -0.15) is 11.3 Å². The zero-order valence-corrected chi connectivity index (χ0v) is 14.0. The van der Waals surface area contributed by atoms with Crippen molar-refractivity contribution in [3.63, 3.8) is 0 Å². The average molecular weight is 303 g/mol. The standard InChI is InChI=1S/C17H21NS2/c1-12-10-16(13(2)20-12)17(15-6-9-19-11-15)14-4-7-18(3)8-5-14/h6,9-11H,4-5,7-8H2,1-3H3. The van der Waals surface area contributed by atoms with Gasteiger partial charge in [0.1, 0.15) is 0 Å². The first-order chi connectivity index (χ1) is 9.65. The minimum atomic E-state index is 1.19. The molecule has 3 rings (SSSR count). The van der Waals surface area contributed by atoms with E-state index < -0.39 is 0 Å². The Morgan fingerprint density at radius 3 is 2.50 bits per heavy atom. The molecule has 0 aromatic carbocycles. The third-order valence-corrected chi connectivity index (χ3v) is 5.71. The van der Waals surface area contributed by atoms with Gasteiger partial charge in [0.25, 0.3) is 0 Å². The van der Waals surface area contributed by atoms with Gasteiger partial charge in [0, 0.05) is 22.8 Å². The molecule has 0 aliphatic carbocycles. The van der Waals surface area contributed by atoms with Gasteiger partial charge in [-0.3, -0.25) is 0 Å². The highest BCUT2D eigenvalue weighted by Gasteiger charge is 2.19. The van der Waals surface area contributed by atoms with Gasteiger partial charge >= 0.3 is 0 Å². The largest absolute Gasteiger partial charge is 0.306 e. The van der Waals surface area contributed by atoms with Gasteiger partial charge in [-0.05, 0) is 73.3 Å².